The van der Waals surface area contributed by atoms with E-state index in [0.29, 0.717) is 5.89 Å². The number of benzene rings is 8. The van der Waals surface area contributed by atoms with Crippen LogP contribution in [0.25, 0.3) is 105 Å². The van der Waals surface area contributed by atoms with Gasteiger partial charge >= 0.3 is 6.85 Å². The number of aromatic nitrogens is 2. The van der Waals surface area contributed by atoms with E-state index in [1.54, 1.807) is 0 Å². The van der Waals surface area contributed by atoms with Gasteiger partial charge in [0.05, 0.1) is 11.0 Å². The van der Waals surface area contributed by atoms with Gasteiger partial charge in [0.25, 0.3) is 0 Å². The Bertz CT molecular complexity index is 4190. The summed E-state index contributed by atoms with van der Waals surface area (Å²) in [7, 11) is 0. The van der Waals surface area contributed by atoms with Crippen molar-refractivity contribution in [2.45, 2.75) is 77.6 Å². The van der Waals surface area contributed by atoms with Gasteiger partial charge in [0, 0.05) is 72.6 Å². The second kappa shape index (κ2) is 12.7. The highest BCUT2D eigenvalue weighted by molar-refractivity contribution is 6.94. The van der Waals surface area contributed by atoms with E-state index in [9.17, 15) is 0 Å². The van der Waals surface area contributed by atoms with Crippen LogP contribution in [0.15, 0.2) is 153 Å². The van der Waals surface area contributed by atoms with E-state index in [4.69, 9.17) is 18.2 Å². The molecule has 6 nitrogen and oxygen atoms in total. The van der Waals surface area contributed by atoms with Gasteiger partial charge in [0.1, 0.15) is 27.8 Å². The summed E-state index contributed by atoms with van der Waals surface area (Å²) in [5, 5.41) is 6.94. The molecule has 0 radical (unpaired) electrons. The van der Waals surface area contributed by atoms with Crippen LogP contribution in [0.2, 0.25) is 0 Å². The van der Waals surface area contributed by atoms with Crippen LogP contribution >= 0.6 is 0 Å². The van der Waals surface area contributed by atoms with Crippen molar-refractivity contribution in [2.24, 2.45) is 0 Å². The molecule has 7 heteroatoms. The topological polar surface area (TPSA) is 60.5 Å². The van der Waals surface area contributed by atoms with Crippen LogP contribution in [0.4, 0.5) is 11.4 Å². The van der Waals surface area contributed by atoms with Crippen LogP contribution in [0, 0.1) is 0 Å². The van der Waals surface area contributed by atoms with Crippen molar-refractivity contribution in [1.82, 2.24) is 9.55 Å². The van der Waals surface area contributed by atoms with Crippen LogP contribution in [0.5, 0.6) is 0 Å². The minimum atomic E-state index is -0.207. The molecule has 15 rings (SSSR count). The van der Waals surface area contributed by atoms with Crippen molar-refractivity contribution >= 4 is 106 Å². The van der Waals surface area contributed by atoms with E-state index in [1.165, 1.54) is 49.4 Å². The Hall–Kier alpha value is -7.51. The highest BCUT2D eigenvalue weighted by Gasteiger charge is 2.45. The molecule has 0 amide bonds. The van der Waals surface area contributed by atoms with E-state index in [1.807, 2.05) is 24.3 Å². The van der Waals surface area contributed by atoms with Gasteiger partial charge in [-0.3, -0.25) is 0 Å². The van der Waals surface area contributed by atoms with Gasteiger partial charge in [0.15, 0.2) is 5.58 Å². The lowest BCUT2D eigenvalue weighted by Gasteiger charge is -2.42. The maximum atomic E-state index is 7.02. The standard InChI is InChI=1S/C61H48BN3O3/c1-59(2,3)34-17-19-35(20-18-34)65-49-27-43-42-26-44-45(61(6,7)24-23-60(44,4)5)29-53(42)67-52(43)28-40(49)37-21-22-38-39-25-41-36-15-11-12-16-51(36)66-54(41)31-48(39)64-50-32-55-47(30-46(50)62(65)56(37)57(38)64)63-58(68-55)33-13-9-8-10-14-33/h8-22,25-32H,23-24H2,1-7H3. The second-order valence-electron chi connectivity index (χ2n) is 22.2. The second-order valence-corrected chi connectivity index (χ2v) is 22.2. The normalized spacial score (nSPS) is 15.9. The number of hydrogen-bond acceptors (Lipinski definition) is 5. The fourth-order valence-electron chi connectivity index (χ4n) is 12.5. The van der Waals surface area contributed by atoms with Crippen molar-refractivity contribution in [1.29, 1.82) is 0 Å². The average molecular weight is 882 g/mol. The van der Waals surface area contributed by atoms with Gasteiger partial charge in [-0.05, 0) is 129 Å². The monoisotopic (exact) mass is 881 g/mol. The van der Waals surface area contributed by atoms with Crippen LogP contribution < -0.4 is 15.7 Å². The third-order valence-electron chi connectivity index (χ3n) is 16.2. The molecule has 328 valence electrons. The number of furan rings is 2. The highest BCUT2D eigenvalue weighted by atomic mass is 16.3. The molecule has 0 unspecified atom stereocenters. The molecule has 6 heterocycles. The number of para-hydroxylation sites is 1. The predicted octanol–water partition coefficient (Wildman–Crippen LogP) is 15.3. The number of oxazole rings is 1. The molecular weight excluding hydrogens is 834 g/mol. The number of rotatable bonds is 2. The summed E-state index contributed by atoms with van der Waals surface area (Å²) in [5.74, 6) is 0.610. The Labute approximate surface area is 393 Å². The Kier molecular flexibility index (Phi) is 7.22. The summed E-state index contributed by atoms with van der Waals surface area (Å²) in [6.07, 6.45) is 2.30. The van der Waals surface area contributed by atoms with Gasteiger partial charge in [-0.25, -0.2) is 4.98 Å². The molecule has 1 aliphatic carbocycles. The highest BCUT2D eigenvalue weighted by Crippen LogP contribution is 2.52. The lowest BCUT2D eigenvalue weighted by molar-refractivity contribution is 0.332. The zero-order valence-corrected chi connectivity index (χ0v) is 39.3. The van der Waals surface area contributed by atoms with Gasteiger partial charge in [-0.1, -0.05) is 109 Å². The lowest BCUT2D eigenvalue weighted by Crippen LogP contribution is -2.60. The Morgan fingerprint density at radius 2 is 1.24 bits per heavy atom. The van der Waals surface area contributed by atoms with E-state index in [2.05, 4.69) is 173 Å². The van der Waals surface area contributed by atoms with Gasteiger partial charge in [-0.2, -0.15) is 0 Å². The maximum absolute atomic E-state index is 7.02. The van der Waals surface area contributed by atoms with Crippen molar-refractivity contribution in [3.63, 3.8) is 0 Å². The van der Waals surface area contributed by atoms with Crippen molar-refractivity contribution < 1.29 is 13.3 Å². The van der Waals surface area contributed by atoms with E-state index >= 15 is 0 Å². The number of anilines is 2. The summed E-state index contributed by atoms with van der Waals surface area (Å²) in [5.41, 5.74) is 20.9. The molecule has 0 saturated heterocycles. The lowest BCUT2D eigenvalue weighted by atomic mass is 9.44. The smallest absolute Gasteiger partial charge is 0.333 e. The van der Waals surface area contributed by atoms with E-state index in [-0.39, 0.29) is 23.1 Å². The summed E-state index contributed by atoms with van der Waals surface area (Å²) >= 11 is 0. The van der Waals surface area contributed by atoms with Crippen LogP contribution in [-0.4, -0.2) is 16.4 Å². The Balaban J connectivity index is 1.08. The number of fused-ring (bicyclic) bond motifs is 16. The first-order valence-electron chi connectivity index (χ1n) is 24.2. The maximum Gasteiger partial charge on any atom is 0.333 e. The molecular formula is C61H48BN3O3. The zero-order valence-electron chi connectivity index (χ0n) is 39.3. The minimum Gasteiger partial charge on any atom is -0.456 e. The first kappa shape index (κ1) is 38.6. The molecule has 3 aliphatic rings. The molecule has 68 heavy (non-hydrogen) atoms. The Morgan fingerprint density at radius 3 is 2.03 bits per heavy atom. The molecule has 0 atom stereocenters. The van der Waals surface area contributed by atoms with E-state index < -0.39 is 0 Å². The predicted molar refractivity (Wildman–Crippen MR) is 281 cm³/mol. The van der Waals surface area contributed by atoms with E-state index in [0.717, 1.165) is 102 Å². The van der Waals surface area contributed by atoms with Crippen LogP contribution in [0.3, 0.4) is 0 Å². The Morgan fingerprint density at radius 1 is 0.544 bits per heavy atom. The van der Waals surface area contributed by atoms with Gasteiger partial charge in [-0.15, -0.1) is 0 Å². The number of hydrogen-bond donors (Lipinski definition) is 0. The van der Waals surface area contributed by atoms with Crippen molar-refractivity contribution in [3.8, 4) is 28.3 Å². The molecule has 0 fully saturated rings. The summed E-state index contributed by atoms with van der Waals surface area (Å²) < 4.78 is 22.8. The van der Waals surface area contributed by atoms with Crippen LogP contribution in [0.1, 0.15) is 78.0 Å². The largest absolute Gasteiger partial charge is 0.456 e. The quantitative estimate of drug-likeness (QED) is 0.162. The first-order chi connectivity index (χ1) is 32.8. The average Bonchev–Trinajstić information content (AvgIpc) is 4.10. The molecule has 2 aliphatic heterocycles. The molecule has 0 spiro atoms. The van der Waals surface area contributed by atoms with Gasteiger partial charge in [0.2, 0.25) is 5.89 Å². The minimum absolute atomic E-state index is 0.00163. The number of nitrogens with zero attached hydrogens (tertiary/aromatic N) is 3. The van der Waals surface area contributed by atoms with Crippen molar-refractivity contribution in [3.05, 3.63) is 156 Å². The third-order valence-corrected chi connectivity index (χ3v) is 16.2. The molecule has 0 N–H and O–H groups in total. The van der Waals surface area contributed by atoms with Gasteiger partial charge < -0.3 is 22.6 Å². The SMILES string of the molecule is CC(C)(C)c1ccc(N2B3c4cc5nc(-c6ccccc6)oc5cc4-n4c5cc6oc7ccccc7c6cc5c5ccc(c3c54)-c3cc4oc5cc6c(cc5c4cc32)C(C)(C)CCC6(C)C)cc1. The molecule has 0 saturated carbocycles. The first-order valence-corrected chi connectivity index (χ1v) is 24.2. The molecule has 12 aromatic rings. The summed E-state index contributed by atoms with van der Waals surface area (Å²) in [6.45, 7) is 16.3. The summed E-state index contributed by atoms with van der Waals surface area (Å²) in [6, 6.07) is 51.3. The summed E-state index contributed by atoms with van der Waals surface area (Å²) in [4.78, 5) is 7.81. The fraction of sp³-hybridized carbons (Fsp3) is 0.197. The molecule has 0 bridgehead atoms. The fourth-order valence-corrected chi connectivity index (χ4v) is 12.5. The molecule has 8 aromatic carbocycles. The van der Waals surface area contributed by atoms with Crippen LogP contribution in [-0.2, 0) is 16.2 Å². The third kappa shape index (κ3) is 5.06. The molecule has 4 aromatic heterocycles. The van der Waals surface area contributed by atoms with Crippen molar-refractivity contribution in [2.75, 3.05) is 4.81 Å². The zero-order chi connectivity index (χ0) is 45.7.